The fourth-order valence-corrected chi connectivity index (χ4v) is 3.87. The van der Waals surface area contributed by atoms with Gasteiger partial charge in [-0.1, -0.05) is 0 Å². The maximum absolute atomic E-state index is 11.3. The fraction of sp³-hybridized carbons (Fsp3) is 0.714. The molecule has 1 saturated carbocycles. The predicted molar refractivity (Wildman–Crippen MR) is 76.3 cm³/mol. The zero-order chi connectivity index (χ0) is 14.3. The van der Waals surface area contributed by atoms with Gasteiger partial charge in [0.05, 0.1) is 24.4 Å². The van der Waals surface area contributed by atoms with Crippen molar-refractivity contribution >= 4 is 17.3 Å². The van der Waals surface area contributed by atoms with Crippen LogP contribution in [-0.2, 0) is 11.3 Å². The maximum Gasteiger partial charge on any atom is 0.347 e. The molecule has 0 radical (unpaired) electrons. The Bertz CT molecular complexity index is 503. The van der Waals surface area contributed by atoms with Crippen LogP contribution >= 0.6 is 11.3 Å². The van der Waals surface area contributed by atoms with Gasteiger partial charge in [-0.15, -0.1) is 11.3 Å². The van der Waals surface area contributed by atoms with Crippen molar-refractivity contribution in [1.82, 2.24) is 9.88 Å². The van der Waals surface area contributed by atoms with Crippen molar-refractivity contribution in [3.05, 3.63) is 15.6 Å². The Morgan fingerprint density at radius 2 is 2.05 bits per heavy atom. The molecule has 2 heterocycles. The van der Waals surface area contributed by atoms with Crippen molar-refractivity contribution in [2.75, 3.05) is 13.1 Å². The van der Waals surface area contributed by atoms with E-state index < -0.39 is 5.97 Å². The average molecular weight is 296 g/mol. The first kappa shape index (κ1) is 14.0. The highest BCUT2D eigenvalue weighted by Crippen LogP contribution is 2.42. The lowest BCUT2D eigenvalue weighted by atomic mass is 10.2. The number of thiazole rings is 1. The molecule has 1 aliphatic carbocycles. The molecule has 2 unspecified atom stereocenters. The van der Waals surface area contributed by atoms with Crippen molar-refractivity contribution in [2.24, 2.45) is 0 Å². The zero-order valence-electron chi connectivity index (χ0n) is 11.8. The van der Waals surface area contributed by atoms with Crippen LogP contribution in [0.2, 0.25) is 0 Å². The SMILES string of the molecule is CC1CN(Cc2nc(C3CC3)c(C(=O)O)s2)CC(C)O1. The van der Waals surface area contributed by atoms with Crippen LogP contribution in [0.3, 0.4) is 0 Å². The van der Waals surface area contributed by atoms with E-state index in [1.807, 2.05) is 0 Å². The standard InChI is InChI=1S/C14H20N2O3S/c1-8-5-16(6-9(2)19-8)7-11-15-12(10-3-4-10)13(20-11)14(17)18/h8-10H,3-7H2,1-2H3,(H,17,18). The lowest BCUT2D eigenvalue weighted by molar-refractivity contribution is -0.0705. The van der Waals surface area contributed by atoms with Gasteiger partial charge in [-0.2, -0.15) is 0 Å². The van der Waals surface area contributed by atoms with Crippen molar-refractivity contribution in [3.63, 3.8) is 0 Å². The number of carbonyl (C=O) groups is 1. The Morgan fingerprint density at radius 3 is 2.60 bits per heavy atom. The number of hydrogen-bond acceptors (Lipinski definition) is 5. The minimum atomic E-state index is -0.834. The molecule has 1 N–H and O–H groups in total. The molecule has 6 heteroatoms. The minimum Gasteiger partial charge on any atom is -0.477 e. The maximum atomic E-state index is 11.3. The quantitative estimate of drug-likeness (QED) is 0.924. The van der Waals surface area contributed by atoms with Crippen molar-refractivity contribution in [1.29, 1.82) is 0 Å². The number of ether oxygens (including phenoxy) is 1. The molecule has 5 nitrogen and oxygen atoms in total. The summed E-state index contributed by atoms with van der Waals surface area (Å²) < 4.78 is 5.72. The van der Waals surface area contributed by atoms with E-state index in [9.17, 15) is 9.90 Å². The van der Waals surface area contributed by atoms with Gasteiger partial charge < -0.3 is 9.84 Å². The van der Waals surface area contributed by atoms with Gasteiger partial charge in [0, 0.05) is 19.0 Å². The summed E-state index contributed by atoms with van der Waals surface area (Å²) in [5, 5.41) is 10.2. The van der Waals surface area contributed by atoms with Crippen LogP contribution in [0.15, 0.2) is 0 Å². The van der Waals surface area contributed by atoms with Crippen LogP contribution in [0.4, 0.5) is 0 Å². The summed E-state index contributed by atoms with van der Waals surface area (Å²) in [6, 6.07) is 0. The van der Waals surface area contributed by atoms with Crippen LogP contribution in [0.1, 0.15) is 53.0 Å². The Balaban J connectivity index is 1.74. The van der Waals surface area contributed by atoms with Crippen LogP contribution in [0, 0.1) is 0 Å². The summed E-state index contributed by atoms with van der Waals surface area (Å²) in [6.45, 7) is 6.64. The highest BCUT2D eigenvalue weighted by atomic mass is 32.1. The molecule has 110 valence electrons. The van der Waals surface area contributed by atoms with Crippen molar-refractivity contribution in [2.45, 2.75) is 51.4 Å². The molecular weight excluding hydrogens is 276 g/mol. The topological polar surface area (TPSA) is 62.7 Å². The number of aromatic carboxylic acids is 1. The molecule has 2 aliphatic rings. The summed E-state index contributed by atoms with van der Waals surface area (Å²) in [6.07, 6.45) is 2.60. The fourth-order valence-electron chi connectivity index (χ4n) is 2.84. The first-order chi connectivity index (χ1) is 9.52. The molecule has 1 aromatic rings. The lowest BCUT2D eigenvalue weighted by Crippen LogP contribution is -2.44. The van der Waals surface area contributed by atoms with E-state index in [4.69, 9.17) is 4.74 Å². The highest BCUT2D eigenvalue weighted by Gasteiger charge is 2.32. The zero-order valence-corrected chi connectivity index (χ0v) is 12.7. The van der Waals surface area contributed by atoms with Gasteiger partial charge in [0.2, 0.25) is 0 Å². The number of nitrogens with zero attached hydrogens (tertiary/aromatic N) is 2. The highest BCUT2D eigenvalue weighted by molar-refractivity contribution is 7.13. The Morgan fingerprint density at radius 1 is 1.40 bits per heavy atom. The van der Waals surface area contributed by atoms with Crippen LogP contribution in [0.5, 0.6) is 0 Å². The summed E-state index contributed by atoms with van der Waals surface area (Å²) in [5.74, 6) is -0.451. The summed E-state index contributed by atoms with van der Waals surface area (Å²) in [5.41, 5.74) is 0.812. The molecule has 1 saturated heterocycles. The Kier molecular flexibility index (Phi) is 3.79. The molecule has 0 bridgehead atoms. The molecular formula is C14H20N2O3S. The third-order valence-electron chi connectivity index (χ3n) is 3.71. The van der Waals surface area contributed by atoms with Crippen molar-refractivity contribution in [3.8, 4) is 0 Å². The molecule has 0 aromatic carbocycles. The second-order valence-electron chi connectivity index (χ2n) is 5.85. The third-order valence-corrected chi connectivity index (χ3v) is 4.75. The van der Waals surface area contributed by atoms with Gasteiger partial charge in [-0.3, -0.25) is 4.90 Å². The first-order valence-corrected chi connectivity index (χ1v) is 7.95. The lowest BCUT2D eigenvalue weighted by Gasteiger charge is -2.34. The summed E-state index contributed by atoms with van der Waals surface area (Å²) >= 11 is 1.34. The van der Waals surface area contributed by atoms with Gasteiger partial charge in [0.25, 0.3) is 0 Å². The first-order valence-electron chi connectivity index (χ1n) is 7.13. The van der Waals surface area contributed by atoms with Gasteiger partial charge in [-0.05, 0) is 26.7 Å². The molecule has 0 spiro atoms. The van der Waals surface area contributed by atoms with Gasteiger partial charge in [0.1, 0.15) is 9.88 Å². The molecule has 1 aliphatic heterocycles. The summed E-state index contributed by atoms with van der Waals surface area (Å²) in [4.78, 5) is 18.6. The Labute approximate surface area is 122 Å². The van der Waals surface area contributed by atoms with E-state index in [1.165, 1.54) is 11.3 Å². The number of carboxylic acid groups (broad SMARTS) is 1. The van der Waals surface area contributed by atoms with Crippen LogP contribution in [-0.4, -0.2) is 46.3 Å². The predicted octanol–water partition coefficient (Wildman–Crippen LogP) is 2.33. The molecule has 2 atom stereocenters. The second kappa shape index (κ2) is 5.42. The molecule has 3 rings (SSSR count). The largest absolute Gasteiger partial charge is 0.477 e. The van der Waals surface area contributed by atoms with Gasteiger partial charge >= 0.3 is 5.97 Å². The third kappa shape index (κ3) is 3.02. The van der Waals surface area contributed by atoms with E-state index in [0.29, 0.717) is 10.8 Å². The second-order valence-corrected chi connectivity index (χ2v) is 6.94. The summed E-state index contributed by atoms with van der Waals surface area (Å²) in [7, 11) is 0. The monoisotopic (exact) mass is 296 g/mol. The van der Waals surface area contributed by atoms with E-state index in [1.54, 1.807) is 0 Å². The number of morpholine rings is 1. The van der Waals surface area contributed by atoms with E-state index >= 15 is 0 Å². The Hall–Kier alpha value is -0.980. The number of rotatable bonds is 4. The smallest absolute Gasteiger partial charge is 0.347 e. The van der Waals surface area contributed by atoms with E-state index in [2.05, 4.69) is 23.7 Å². The van der Waals surface area contributed by atoms with E-state index in [-0.39, 0.29) is 12.2 Å². The number of carboxylic acids is 1. The molecule has 1 aromatic heterocycles. The van der Waals surface area contributed by atoms with Crippen LogP contribution < -0.4 is 0 Å². The van der Waals surface area contributed by atoms with Crippen molar-refractivity contribution < 1.29 is 14.6 Å². The molecule has 2 fully saturated rings. The number of aromatic nitrogens is 1. The van der Waals surface area contributed by atoms with Gasteiger partial charge in [0.15, 0.2) is 0 Å². The minimum absolute atomic E-state index is 0.223. The van der Waals surface area contributed by atoms with Gasteiger partial charge in [-0.25, -0.2) is 9.78 Å². The van der Waals surface area contributed by atoms with Crippen LogP contribution in [0.25, 0.3) is 0 Å². The molecule has 0 amide bonds. The van der Waals surface area contributed by atoms with E-state index in [0.717, 1.165) is 43.2 Å². The molecule has 20 heavy (non-hydrogen) atoms. The normalized spacial score (nSPS) is 27.7. The average Bonchev–Trinajstić information content (AvgIpc) is 3.09. The number of hydrogen-bond donors (Lipinski definition) is 1.